The molecule has 3 aromatic carbocycles. The largest absolute Gasteiger partial charge is 0.488 e. The molecule has 3 aromatic rings. The van der Waals surface area contributed by atoms with Crippen molar-refractivity contribution < 1.29 is 19.1 Å². The molecule has 0 saturated carbocycles. The molecular formula is C29H22BrCl2NO4. The van der Waals surface area contributed by atoms with Crippen LogP contribution in [0, 0.1) is 0 Å². The molecule has 2 aliphatic rings. The van der Waals surface area contributed by atoms with Gasteiger partial charge < -0.3 is 14.8 Å². The second-order valence-electron chi connectivity index (χ2n) is 8.71. The van der Waals surface area contributed by atoms with Gasteiger partial charge in [0.2, 0.25) is 0 Å². The molecule has 1 N–H and O–H groups in total. The predicted octanol–water partition coefficient (Wildman–Crippen LogP) is 7.47. The van der Waals surface area contributed by atoms with Crippen LogP contribution < -0.4 is 10.1 Å². The molecule has 0 saturated heterocycles. The van der Waals surface area contributed by atoms with Gasteiger partial charge in [0.1, 0.15) is 12.4 Å². The zero-order valence-electron chi connectivity index (χ0n) is 20.0. The number of dihydropyridines is 1. The Morgan fingerprint density at radius 3 is 2.49 bits per heavy atom. The molecular weight excluding hydrogens is 577 g/mol. The number of carbonyl (C=O) groups is 2. The summed E-state index contributed by atoms with van der Waals surface area (Å²) in [5.41, 5.74) is 5.42. The Kier molecular flexibility index (Phi) is 7.17. The van der Waals surface area contributed by atoms with Crippen molar-refractivity contribution in [2.24, 2.45) is 0 Å². The zero-order chi connectivity index (χ0) is 26.3. The van der Waals surface area contributed by atoms with Gasteiger partial charge in [0, 0.05) is 28.3 Å². The van der Waals surface area contributed by atoms with Gasteiger partial charge in [0.15, 0.2) is 5.78 Å². The van der Waals surface area contributed by atoms with Crippen molar-refractivity contribution in [1.29, 1.82) is 0 Å². The minimum Gasteiger partial charge on any atom is -0.488 e. The SMILES string of the molecule is CCOC(=O)C1=C(C)NC2=C(C(=O)c3ccccc32)[C@H]1c1ccc(OCc2ccc(Cl)c(Cl)c2)c(Br)c1. The summed E-state index contributed by atoms with van der Waals surface area (Å²) in [6.07, 6.45) is 0. The van der Waals surface area contributed by atoms with Gasteiger partial charge in [0.05, 0.1) is 32.4 Å². The number of esters is 1. The molecule has 1 aliphatic carbocycles. The summed E-state index contributed by atoms with van der Waals surface area (Å²) in [4.78, 5) is 26.7. The number of nitrogens with one attached hydrogen (secondary N) is 1. The van der Waals surface area contributed by atoms with Crippen LogP contribution in [-0.4, -0.2) is 18.4 Å². The molecule has 1 aliphatic heterocycles. The number of allylic oxidation sites excluding steroid dienone is 2. The first kappa shape index (κ1) is 25.6. The second kappa shape index (κ2) is 10.4. The van der Waals surface area contributed by atoms with Gasteiger partial charge in [-0.1, -0.05) is 59.6 Å². The molecule has 188 valence electrons. The highest BCUT2D eigenvalue weighted by Gasteiger charge is 2.43. The number of Topliss-reactive ketones (excluding diaryl/α,β-unsaturated/α-hetero) is 1. The van der Waals surface area contributed by atoms with E-state index in [0.717, 1.165) is 22.4 Å². The normalized spacial score (nSPS) is 16.4. The van der Waals surface area contributed by atoms with Crippen LogP contribution in [-0.2, 0) is 16.1 Å². The van der Waals surface area contributed by atoms with E-state index in [-0.39, 0.29) is 12.4 Å². The molecule has 5 rings (SSSR count). The Morgan fingerprint density at radius 1 is 1.03 bits per heavy atom. The van der Waals surface area contributed by atoms with Crippen molar-refractivity contribution in [1.82, 2.24) is 5.32 Å². The van der Waals surface area contributed by atoms with Gasteiger partial charge >= 0.3 is 5.97 Å². The number of fused-ring (bicyclic) bond motifs is 2. The molecule has 37 heavy (non-hydrogen) atoms. The topological polar surface area (TPSA) is 64.6 Å². The molecule has 0 radical (unpaired) electrons. The van der Waals surface area contributed by atoms with Crippen LogP contribution >= 0.6 is 39.1 Å². The fraction of sp³-hybridized carbons (Fsp3) is 0.172. The Morgan fingerprint density at radius 2 is 1.78 bits per heavy atom. The Bertz CT molecular complexity index is 1510. The summed E-state index contributed by atoms with van der Waals surface area (Å²) in [6, 6.07) is 18.4. The molecule has 0 bridgehead atoms. The van der Waals surface area contributed by atoms with Crippen molar-refractivity contribution in [2.75, 3.05) is 6.61 Å². The highest BCUT2D eigenvalue weighted by molar-refractivity contribution is 9.10. The van der Waals surface area contributed by atoms with Gasteiger partial charge in [-0.3, -0.25) is 4.79 Å². The molecule has 0 spiro atoms. The monoisotopic (exact) mass is 597 g/mol. The highest BCUT2D eigenvalue weighted by Crippen LogP contribution is 2.47. The molecule has 0 amide bonds. The van der Waals surface area contributed by atoms with Crippen LogP contribution in [0.5, 0.6) is 5.75 Å². The number of hydrogen-bond donors (Lipinski definition) is 1. The van der Waals surface area contributed by atoms with E-state index in [1.54, 1.807) is 19.1 Å². The first-order valence-corrected chi connectivity index (χ1v) is 13.2. The number of carbonyl (C=O) groups excluding carboxylic acids is 2. The van der Waals surface area contributed by atoms with E-state index in [4.69, 9.17) is 32.7 Å². The van der Waals surface area contributed by atoms with Crippen LogP contribution in [0.1, 0.15) is 46.8 Å². The molecule has 0 fully saturated rings. The first-order valence-electron chi connectivity index (χ1n) is 11.7. The number of ketones is 1. The van der Waals surface area contributed by atoms with E-state index in [2.05, 4.69) is 21.2 Å². The lowest BCUT2D eigenvalue weighted by Gasteiger charge is -2.29. The van der Waals surface area contributed by atoms with Crippen molar-refractivity contribution >= 4 is 56.6 Å². The minimum absolute atomic E-state index is 0.103. The lowest BCUT2D eigenvalue weighted by Crippen LogP contribution is -2.29. The third-order valence-corrected chi connectivity index (χ3v) is 7.77. The van der Waals surface area contributed by atoms with Gasteiger partial charge in [0.25, 0.3) is 0 Å². The lowest BCUT2D eigenvalue weighted by atomic mass is 9.80. The van der Waals surface area contributed by atoms with Gasteiger partial charge in [-0.05, 0) is 65.2 Å². The molecule has 1 heterocycles. The maximum absolute atomic E-state index is 13.6. The summed E-state index contributed by atoms with van der Waals surface area (Å²) < 4.78 is 12.1. The second-order valence-corrected chi connectivity index (χ2v) is 10.4. The van der Waals surface area contributed by atoms with Gasteiger partial charge in [-0.2, -0.15) is 0 Å². The van der Waals surface area contributed by atoms with Gasteiger partial charge in [-0.25, -0.2) is 4.79 Å². The minimum atomic E-state index is -0.601. The number of benzene rings is 3. The average Bonchev–Trinajstić information content (AvgIpc) is 3.16. The van der Waals surface area contributed by atoms with E-state index in [1.165, 1.54) is 0 Å². The molecule has 8 heteroatoms. The average molecular weight is 599 g/mol. The highest BCUT2D eigenvalue weighted by atomic mass is 79.9. The molecule has 5 nitrogen and oxygen atoms in total. The number of hydrogen-bond acceptors (Lipinski definition) is 5. The molecule has 1 atom stereocenters. The fourth-order valence-corrected chi connectivity index (χ4v) is 5.58. The van der Waals surface area contributed by atoms with Crippen LogP contribution in [0.2, 0.25) is 10.0 Å². The van der Waals surface area contributed by atoms with E-state index >= 15 is 0 Å². The van der Waals surface area contributed by atoms with E-state index in [9.17, 15) is 9.59 Å². The van der Waals surface area contributed by atoms with E-state index < -0.39 is 11.9 Å². The third-order valence-electron chi connectivity index (χ3n) is 6.41. The number of ether oxygens (including phenoxy) is 2. The standard InChI is InChI=1S/C29H22BrCl2NO4/c1-3-36-29(35)24-15(2)33-27-18-6-4-5-7-19(18)28(34)26(27)25(24)17-9-11-23(20(30)13-17)37-14-16-8-10-21(31)22(32)12-16/h4-13,25,33H,3,14H2,1-2H3/t25-/m0/s1. The van der Waals surface area contributed by atoms with Crippen molar-refractivity contribution in [3.8, 4) is 5.75 Å². The quantitative estimate of drug-likeness (QED) is 0.298. The molecule has 0 aromatic heterocycles. The maximum Gasteiger partial charge on any atom is 0.336 e. The lowest BCUT2D eigenvalue weighted by molar-refractivity contribution is -0.138. The van der Waals surface area contributed by atoms with Crippen molar-refractivity contribution in [3.05, 3.63) is 114 Å². The summed E-state index contributed by atoms with van der Waals surface area (Å²) in [7, 11) is 0. The summed E-state index contributed by atoms with van der Waals surface area (Å²) in [6.45, 7) is 4.11. The van der Waals surface area contributed by atoms with Crippen LogP contribution in [0.3, 0.4) is 0 Å². The summed E-state index contributed by atoms with van der Waals surface area (Å²) >= 11 is 15.7. The third kappa shape index (κ3) is 4.70. The van der Waals surface area contributed by atoms with Crippen LogP contribution in [0.15, 0.2) is 82.0 Å². The Labute approximate surface area is 233 Å². The summed E-state index contributed by atoms with van der Waals surface area (Å²) in [5, 5.41) is 4.25. The van der Waals surface area contributed by atoms with Crippen LogP contribution in [0.25, 0.3) is 5.70 Å². The predicted molar refractivity (Wildman–Crippen MR) is 148 cm³/mol. The maximum atomic E-state index is 13.6. The van der Waals surface area contributed by atoms with E-state index in [1.807, 2.05) is 55.5 Å². The van der Waals surface area contributed by atoms with Crippen LogP contribution in [0.4, 0.5) is 0 Å². The van der Waals surface area contributed by atoms with Crippen molar-refractivity contribution in [3.63, 3.8) is 0 Å². The zero-order valence-corrected chi connectivity index (χ0v) is 23.1. The Balaban J connectivity index is 1.52. The first-order chi connectivity index (χ1) is 17.8. The fourth-order valence-electron chi connectivity index (χ4n) is 4.75. The smallest absolute Gasteiger partial charge is 0.336 e. The van der Waals surface area contributed by atoms with Gasteiger partial charge in [-0.15, -0.1) is 0 Å². The van der Waals surface area contributed by atoms with E-state index in [0.29, 0.717) is 49.3 Å². The summed E-state index contributed by atoms with van der Waals surface area (Å²) in [5.74, 6) is -0.551. The number of halogens is 3. The Hall–Kier alpha value is -3.06. The van der Waals surface area contributed by atoms with Crippen molar-refractivity contribution in [2.45, 2.75) is 26.4 Å². The number of rotatable bonds is 6. The molecule has 0 unspecified atom stereocenters.